The molecule has 78 valence electrons. The first-order valence-corrected chi connectivity index (χ1v) is 8.05. The standard InChI is InChI=1S/C11H13NO2Si/c1-15(2,3)14-11-5-9(7-12)4-10(6-11)8-13/h4-6,8H,1-3H3. The van der Waals surface area contributed by atoms with Crippen molar-refractivity contribution in [2.45, 2.75) is 19.6 Å². The third-order valence-electron chi connectivity index (χ3n) is 1.62. The Bertz CT molecular complexity index is 416. The Labute approximate surface area is 90.4 Å². The fourth-order valence-corrected chi connectivity index (χ4v) is 1.99. The van der Waals surface area contributed by atoms with E-state index in [2.05, 4.69) is 0 Å². The minimum absolute atomic E-state index is 0.452. The minimum atomic E-state index is -1.69. The lowest BCUT2D eigenvalue weighted by atomic mass is 10.1. The molecular formula is C11H13NO2Si. The maximum Gasteiger partial charge on any atom is 0.242 e. The summed E-state index contributed by atoms with van der Waals surface area (Å²) in [5.41, 5.74) is 0.926. The Morgan fingerprint density at radius 1 is 1.33 bits per heavy atom. The van der Waals surface area contributed by atoms with Crippen molar-refractivity contribution < 1.29 is 9.22 Å². The molecule has 0 saturated carbocycles. The highest BCUT2D eigenvalue weighted by Crippen LogP contribution is 2.19. The Hall–Kier alpha value is -1.60. The molecule has 0 amide bonds. The zero-order valence-corrected chi connectivity index (χ0v) is 10.1. The van der Waals surface area contributed by atoms with Gasteiger partial charge < -0.3 is 4.43 Å². The molecule has 15 heavy (non-hydrogen) atoms. The molecule has 0 unspecified atom stereocenters. The van der Waals surface area contributed by atoms with Crippen molar-refractivity contribution in [3.8, 4) is 11.8 Å². The van der Waals surface area contributed by atoms with E-state index in [4.69, 9.17) is 9.69 Å². The second-order valence-electron chi connectivity index (χ2n) is 4.23. The number of carbonyl (C=O) groups is 1. The molecular weight excluding hydrogens is 206 g/mol. The summed E-state index contributed by atoms with van der Waals surface area (Å²) < 4.78 is 5.72. The van der Waals surface area contributed by atoms with Crippen molar-refractivity contribution in [3.05, 3.63) is 29.3 Å². The van der Waals surface area contributed by atoms with Crippen molar-refractivity contribution in [2.24, 2.45) is 0 Å². The number of carbonyl (C=O) groups excluding carboxylic acids is 1. The minimum Gasteiger partial charge on any atom is -0.544 e. The zero-order valence-electron chi connectivity index (χ0n) is 9.07. The highest BCUT2D eigenvalue weighted by Gasteiger charge is 2.16. The SMILES string of the molecule is C[Si](C)(C)Oc1cc(C#N)cc(C=O)c1. The van der Waals surface area contributed by atoms with Crippen LogP contribution in [0.5, 0.6) is 5.75 Å². The Kier molecular flexibility index (Phi) is 3.27. The van der Waals surface area contributed by atoms with Crippen LogP contribution in [0.3, 0.4) is 0 Å². The van der Waals surface area contributed by atoms with E-state index < -0.39 is 8.32 Å². The molecule has 3 nitrogen and oxygen atoms in total. The van der Waals surface area contributed by atoms with Crippen LogP contribution in [0.1, 0.15) is 15.9 Å². The molecule has 0 aromatic heterocycles. The third-order valence-corrected chi connectivity index (χ3v) is 2.47. The molecule has 0 aliphatic rings. The van der Waals surface area contributed by atoms with Gasteiger partial charge in [-0.05, 0) is 37.8 Å². The first kappa shape index (κ1) is 11.5. The predicted molar refractivity (Wildman–Crippen MR) is 60.5 cm³/mol. The highest BCUT2D eigenvalue weighted by molar-refractivity contribution is 6.70. The van der Waals surface area contributed by atoms with Crippen LogP contribution in [0.2, 0.25) is 19.6 Å². The molecule has 1 rings (SSSR count). The fourth-order valence-electron chi connectivity index (χ4n) is 1.17. The van der Waals surface area contributed by atoms with Gasteiger partial charge in [0.25, 0.3) is 0 Å². The summed E-state index contributed by atoms with van der Waals surface area (Å²) in [7, 11) is -1.69. The van der Waals surface area contributed by atoms with Crippen molar-refractivity contribution >= 4 is 14.6 Å². The van der Waals surface area contributed by atoms with Crippen LogP contribution in [0.4, 0.5) is 0 Å². The van der Waals surface area contributed by atoms with E-state index in [0.29, 0.717) is 16.9 Å². The number of benzene rings is 1. The van der Waals surface area contributed by atoms with Crippen LogP contribution in [-0.2, 0) is 0 Å². The van der Waals surface area contributed by atoms with E-state index in [1.165, 1.54) is 0 Å². The van der Waals surface area contributed by atoms with Crippen LogP contribution in [0, 0.1) is 11.3 Å². The summed E-state index contributed by atoms with van der Waals surface area (Å²) in [6, 6.07) is 6.87. The van der Waals surface area contributed by atoms with Gasteiger partial charge in [-0.25, -0.2) is 0 Å². The number of rotatable bonds is 3. The lowest BCUT2D eigenvalue weighted by Crippen LogP contribution is -2.29. The molecule has 0 fully saturated rings. The molecule has 1 aromatic rings. The number of hydrogen-bond donors (Lipinski definition) is 0. The molecule has 0 saturated heterocycles. The predicted octanol–water partition coefficient (Wildman–Crippen LogP) is 2.58. The van der Waals surface area contributed by atoms with Gasteiger partial charge >= 0.3 is 0 Å². The monoisotopic (exact) mass is 219 g/mol. The van der Waals surface area contributed by atoms with Crippen LogP contribution in [-0.4, -0.2) is 14.6 Å². The topological polar surface area (TPSA) is 50.1 Å². The molecule has 0 aliphatic carbocycles. The molecule has 0 atom stereocenters. The Balaban J connectivity index is 3.09. The first-order valence-electron chi connectivity index (χ1n) is 4.64. The third kappa shape index (κ3) is 3.56. The summed E-state index contributed by atoms with van der Waals surface area (Å²) in [5.74, 6) is 0.607. The van der Waals surface area contributed by atoms with Crippen LogP contribution in [0.15, 0.2) is 18.2 Å². The van der Waals surface area contributed by atoms with Crippen molar-refractivity contribution in [2.75, 3.05) is 0 Å². The van der Waals surface area contributed by atoms with Crippen molar-refractivity contribution in [1.82, 2.24) is 0 Å². The normalized spacial score (nSPS) is 10.5. The second kappa shape index (κ2) is 4.28. The summed E-state index contributed by atoms with van der Waals surface area (Å²) in [5, 5.41) is 8.77. The van der Waals surface area contributed by atoms with Gasteiger partial charge in [0, 0.05) is 5.56 Å². The first-order chi connectivity index (χ1) is 6.94. The summed E-state index contributed by atoms with van der Waals surface area (Å²) in [6.07, 6.45) is 0.720. The summed E-state index contributed by atoms with van der Waals surface area (Å²) in [4.78, 5) is 10.6. The molecule has 0 spiro atoms. The second-order valence-corrected chi connectivity index (χ2v) is 8.66. The van der Waals surface area contributed by atoms with Crippen molar-refractivity contribution in [3.63, 3.8) is 0 Å². The van der Waals surface area contributed by atoms with Gasteiger partial charge in [0.2, 0.25) is 8.32 Å². The lowest BCUT2D eigenvalue weighted by Gasteiger charge is -2.19. The smallest absolute Gasteiger partial charge is 0.242 e. The molecule has 0 N–H and O–H groups in total. The largest absolute Gasteiger partial charge is 0.544 e. The van der Waals surface area contributed by atoms with Gasteiger partial charge in [0.05, 0.1) is 11.6 Å². The van der Waals surface area contributed by atoms with Gasteiger partial charge in [0.15, 0.2) is 0 Å². The maximum absolute atomic E-state index is 10.6. The lowest BCUT2D eigenvalue weighted by molar-refractivity contribution is 0.112. The number of nitriles is 1. The van der Waals surface area contributed by atoms with Gasteiger partial charge in [-0.3, -0.25) is 4.79 Å². The summed E-state index contributed by atoms with van der Waals surface area (Å²) >= 11 is 0. The van der Waals surface area contributed by atoms with Crippen molar-refractivity contribution in [1.29, 1.82) is 5.26 Å². The van der Waals surface area contributed by atoms with E-state index in [-0.39, 0.29) is 0 Å². The Morgan fingerprint density at radius 2 is 2.00 bits per heavy atom. The number of hydrogen-bond acceptors (Lipinski definition) is 3. The van der Waals surface area contributed by atoms with E-state index in [9.17, 15) is 4.79 Å². The summed E-state index contributed by atoms with van der Waals surface area (Å²) in [6.45, 7) is 6.14. The molecule has 4 heteroatoms. The van der Waals surface area contributed by atoms with Gasteiger partial charge in [0.1, 0.15) is 12.0 Å². The van der Waals surface area contributed by atoms with Crippen LogP contribution < -0.4 is 4.43 Å². The van der Waals surface area contributed by atoms with Crippen LogP contribution in [0.25, 0.3) is 0 Å². The molecule has 0 radical (unpaired) electrons. The van der Waals surface area contributed by atoms with Crippen LogP contribution >= 0.6 is 0 Å². The average molecular weight is 219 g/mol. The van der Waals surface area contributed by atoms with E-state index >= 15 is 0 Å². The van der Waals surface area contributed by atoms with E-state index in [1.54, 1.807) is 18.2 Å². The average Bonchev–Trinajstić information content (AvgIpc) is 2.14. The van der Waals surface area contributed by atoms with Gasteiger partial charge in [-0.2, -0.15) is 5.26 Å². The fraction of sp³-hybridized carbons (Fsp3) is 0.273. The molecule has 0 bridgehead atoms. The quantitative estimate of drug-likeness (QED) is 0.580. The zero-order chi connectivity index (χ0) is 11.5. The molecule has 0 heterocycles. The van der Waals surface area contributed by atoms with Gasteiger partial charge in [-0.15, -0.1) is 0 Å². The van der Waals surface area contributed by atoms with E-state index in [1.807, 2.05) is 25.7 Å². The maximum atomic E-state index is 10.6. The van der Waals surface area contributed by atoms with E-state index in [0.717, 1.165) is 6.29 Å². The number of aldehydes is 1. The molecule has 0 aliphatic heterocycles. The van der Waals surface area contributed by atoms with Gasteiger partial charge in [-0.1, -0.05) is 0 Å². The number of nitrogens with zero attached hydrogens (tertiary/aromatic N) is 1. The highest BCUT2D eigenvalue weighted by atomic mass is 28.4. The Morgan fingerprint density at radius 3 is 2.47 bits per heavy atom. The molecule has 1 aromatic carbocycles.